The third kappa shape index (κ3) is 5.47. The summed E-state index contributed by atoms with van der Waals surface area (Å²) in [5.74, 6) is -0.938. The van der Waals surface area contributed by atoms with Crippen molar-refractivity contribution in [2.75, 3.05) is 10.6 Å². The van der Waals surface area contributed by atoms with Crippen molar-refractivity contribution in [3.63, 3.8) is 0 Å². The number of hydrogen-bond acceptors (Lipinski definition) is 7. The number of thiocarbonyl (C=S) groups is 1. The summed E-state index contributed by atoms with van der Waals surface area (Å²) in [6.45, 7) is 5.40. The van der Waals surface area contributed by atoms with Gasteiger partial charge in [0.2, 0.25) is 5.91 Å². The molecule has 0 aromatic carbocycles. The van der Waals surface area contributed by atoms with Crippen molar-refractivity contribution in [2.24, 2.45) is 23.1 Å². The second-order valence-corrected chi connectivity index (χ2v) is 5.81. The molecule has 0 aliphatic rings. The molecule has 1 heterocycles. The smallest absolute Gasteiger partial charge is 0.271 e. The molecule has 1 rings (SSSR count). The first-order valence-electron chi connectivity index (χ1n) is 7.12. The van der Waals surface area contributed by atoms with Gasteiger partial charge in [-0.2, -0.15) is 0 Å². The molecule has 0 unspecified atom stereocenters. The van der Waals surface area contributed by atoms with Crippen molar-refractivity contribution in [1.82, 2.24) is 9.97 Å². The zero-order valence-electron chi connectivity index (χ0n) is 13.7. The first-order valence-corrected chi connectivity index (χ1v) is 7.53. The highest BCUT2D eigenvalue weighted by atomic mass is 32.1. The number of nitrogens with two attached hydrogens (primary N) is 3. The molecule has 8 N–H and O–H groups in total. The Labute approximate surface area is 145 Å². The number of allylic oxidation sites excluding steroid dienone is 1. The quantitative estimate of drug-likeness (QED) is 0.341. The summed E-state index contributed by atoms with van der Waals surface area (Å²) in [6, 6.07) is -0.671. The number of primary amides is 2. The maximum absolute atomic E-state index is 11.5. The van der Waals surface area contributed by atoms with Gasteiger partial charge in [-0.1, -0.05) is 26.1 Å². The molecule has 0 spiro atoms. The minimum absolute atomic E-state index is 0.0574. The molecule has 0 saturated heterocycles. The molecule has 0 aliphatic carbocycles. The highest BCUT2D eigenvalue weighted by Crippen LogP contribution is 2.15. The number of aromatic nitrogens is 2. The first kappa shape index (κ1) is 19.3. The SMILES string of the molecule is CC(C)C(N)=CC(=S)Nc1nc(N[C@H](C)C(N)=O)cnc1C(N)=O. The zero-order chi connectivity index (χ0) is 18.4. The lowest BCUT2D eigenvalue weighted by Gasteiger charge is -2.14. The van der Waals surface area contributed by atoms with Crippen molar-refractivity contribution in [3.05, 3.63) is 23.7 Å². The molecular formula is C14H21N7O2S. The van der Waals surface area contributed by atoms with Crippen LogP contribution in [0.2, 0.25) is 0 Å². The van der Waals surface area contributed by atoms with E-state index in [4.69, 9.17) is 29.4 Å². The molecule has 0 fully saturated rings. The molecule has 1 aromatic heterocycles. The average molecular weight is 351 g/mol. The van der Waals surface area contributed by atoms with Crippen molar-refractivity contribution < 1.29 is 9.59 Å². The molecule has 2 amide bonds. The lowest BCUT2D eigenvalue weighted by molar-refractivity contribution is -0.118. The summed E-state index contributed by atoms with van der Waals surface area (Å²) >= 11 is 5.17. The largest absolute Gasteiger partial charge is 0.402 e. The minimum atomic E-state index is -0.775. The molecule has 0 bridgehead atoms. The lowest BCUT2D eigenvalue weighted by Crippen LogP contribution is -2.33. The highest BCUT2D eigenvalue weighted by Gasteiger charge is 2.16. The normalized spacial score (nSPS) is 12.6. The van der Waals surface area contributed by atoms with Crippen LogP contribution in [-0.2, 0) is 4.79 Å². The Balaban J connectivity index is 3.09. The Morgan fingerprint density at radius 2 is 1.88 bits per heavy atom. The Bertz CT molecular complexity index is 688. The van der Waals surface area contributed by atoms with Gasteiger partial charge in [0.1, 0.15) is 16.8 Å². The number of anilines is 2. The fourth-order valence-electron chi connectivity index (χ4n) is 1.49. The lowest BCUT2D eigenvalue weighted by atomic mass is 10.1. The van der Waals surface area contributed by atoms with Crippen LogP contribution < -0.4 is 27.8 Å². The summed E-state index contributed by atoms with van der Waals surface area (Å²) < 4.78 is 0. The molecule has 24 heavy (non-hydrogen) atoms. The Kier molecular flexibility index (Phi) is 6.59. The molecule has 1 aromatic rings. The number of amides is 2. The minimum Gasteiger partial charge on any atom is -0.402 e. The number of rotatable bonds is 7. The third-order valence-corrected chi connectivity index (χ3v) is 3.22. The van der Waals surface area contributed by atoms with Crippen molar-refractivity contribution in [2.45, 2.75) is 26.8 Å². The van der Waals surface area contributed by atoms with Crippen LogP contribution in [0.5, 0.6) is 0 Å². The molecule has 10 heteroatoms. The van der Waals surface area contributed by atoms with E-state index in [1.807, 2.05) is 13.8 Å². The van der Waals surface area contributed by atoms with E-state index >= 15 is 0 Å². The molecule has 9 nitrogen and oxygen atoms in total. The van der Waals surface area contributed by atoms with Gasteiger partial charge in [0.05, 0.1) is 6.20 Å². The van der Waals surface area contributed by atoms with Crippen LogP contribution in [0.3, 0.4) is 0 Å². The summed E-state index contributed by atoms with van der Waals surface area (Å²) in [5.41, 5.74) is 16.8. The molecule has 1 atom stereocenters. The van der Waals surface area contributed by atoms with Gasteiger partial charge in [-0.05, 0) is 18.9 Å². The number of carbonyl (C=O) groups is 2. The number of nitrogens with one attached hydrogen (secondary N) is 2. The monoisotopic (exact) mass is 351 g/mol. The predicted molar refractivity (Wildman–Crippen MR) is 96.2 cm³/mol. The zero-order valence-corrected chi connectivity index (χ0v) is 14.5. The molecule has 130 valence electrons. The van der Waals surface area contributed by atoms with Crippen molar-refractivity contribution in [3.8, 4) is 0 Å². The fraction of sp³-hybridized carbons (Fsp3) is 0.357. The highest BCUT2D eigenvalue weighted by molar-refractivity contribution is 7.81. The van der Waals surface area contributed by atoms with Crippen molar-refractivity contribution in [1.29, 1.82) is 0 Å². The maximum Gasteiger partial charge on any atom is 0.271 e. The molecule has 0 aliphatic heterocycles. The summed E-state index contributed by atoms with van der Waals surface area (Å²) in [5, 5.41) is 5.52. The topological polar surface area (TPSA) is 162 Å². The van der Waals surface area contributed by atoms with E-state index < -0.39 is 17.9 Å². The van der Waals surface area contributed by atoms with Crippen LogP contribution >= 0.6 is 12.2 Å². The van der Waals surface area contributed by atoms with E-state index in [2.05, 4.69) is 20.6 Å². The number of carbonyl (C=O) groups excluding carboxylic acids is 2. The van der Waals surface area contributed by atoms with Gasteiger partial charge in [-0.25, -0.2) is 9.97 Å². The van der Waals surface area contributed by atoms with Crippen LogP contribution in [-0.4, -0.2) is 32.8 Å². The van der Waals surface area contributed by atoms with E-state index in [-0.39, 0.29) is 28.2 Å². The molecular weight excluding hydrogens is 330 g/mol. The summed E-state index contributed by atoms with van der Waals surface area (Å²) in [7, 11) is 0. The molecule has 0 radical (unpaired) electrons. The molecule has 0 saturated carbocycles. The van der Waals surface area contributed by atoms with Gasteiger partial charge in [0.15, 0.2) is 11.5 Å². The fourth-order valence-corrected chi connectivity index (χ4v) is 1.72. The Hall–Kier alpha value is -2.75. The van der Waals surface area contributed by atoms with Gasteiger partial charge < -0.3 is 27.8 Å². The predicted octanol–water partition coefficient (Wildman–Crippen LogP) is 0.0991. The average Bonchev–Trinajstić information content (AvgIpc) is 2.46. The van der Waals surface area contributed by atoms with Crippen LogP contribution in [0.25, 0.3) is 0 Å². The summed E-state index contributed by atoms with van der Waals surface area (Å²) in [6.07, 6.45) is 2.82. The second-order valence-electron chi connectivity index (χ2n) is 5.37. The Morgan fingerprint density at radius 1 is 1.25 bits per heavy atom. The van der Waals surface area contributed by atoms with Gasteiger partial charge in [0.25, 0.3) is 5.91 Å². The third-order valence-electron chi connectivity index (χ3n) is 3.00. The van der Waals surface area contributed by atoms with E-state index in [9.17, 15) is 9.59 Å². The summed E-state index contributed by atoms with van der Waals surface area (Å²) in [4.78, 5) is 30.9. The van der Waals surface area contributed by atoms with E-state index in [0.717, 1.165) is 0 Å². The number of nitrogens with zero attached hydrogens (tertiary/aromatic N) is 2. The van der Waals surface area contributed by atoms with E-state index in [1.54, 1.807) is 13.0 Å². The van der Waals surface area contributed by atoms with Gasteiger partial charge in [-0.15, -0.1) is 0 Å². The van der Waals surface area contributed by atoms with Crippen molar-refractivity contribution >= 4 is 40.7 Å². The first-order chi connectivity index (χ1) is 11.1. The van der Waals surface area contributed by atoms with Crippen LogP contribution in [0.15, 0.2) is 18.0 Å². The van der Waals surface area contributed by atoms with Gasteiger partial charge >= 0.3 is 0 Å². The Morgan fingerprint density at radius 3 is 2.38 bits per heavy atom. The van der Waals surface area contributed by atoms with Gasteiger partial charge in [0, 0.05) is 5.70 Å². The van der Waals surface area contributed by atoms with E-state index in [1.165, 1.54) is 6.20 Å². The second kappa shape index (κ2) is 8.20. The maximum atomic E-state index is 11.5. The van der Waals surface area contributed by atoms with Crippen LogP contribution in [0.1, 0.15) is 31.3 Å². The van der Waals surface area contributed by atoms with Crippen LogP contribution in [0, 0.1) is 5.92 Å². The van der Waals surface area contributed by atoms with Crippen LogP contribution in [0.4, 0.5) is 11.6 Å². The number of hydrogen-bond donors (Lipinski definition) is 5. The standard InChI is InChI=1S/C14H21N7O2S/c1-6(2)8(15)4-10(24)21-14-11(13(17)23)18-5-9(20-14)19-7(3)12(16)22/h4-7H,15H2,1-3H3,(H2,16,22)(H2,17,23)(H2,19,20,21,24)/t7-/m1/s1. The van der Waals surface area contributed by atoms with E-state index in [0.29, 0.717) is 5.70 Å². The van der Waals surface area contributed by atoms with Gasteiger partial charge in [-0.3, -0.25) is 9.59 Å².